The topological polar surface area (TPSA) is 166 Å². The molecule has 0 aromatic heterocycles. The molecule has 4 fully saturated rings. The second-order valence-corrected chi connectivity index (χ2v) is 10.4. The van der Waals surface area contributed by atoms with E-state index in [2.05, 4.69) is 10.6 Å². The van der Waals surface area contributed by atoms with E-state index >= 15 is 0 Å². The second kappa shape index (κ2) is 11.0. The summed E-state index contributed by atoms with van der Waals surface area (Å²) in [6, 6.07) is 4.03. The van der Waals surface area contributed by atoms with E-state index in [-0.39, 0.29) is 48.3 Å². The quantitative estimate of drug-likeness (QED) is 0.297. The molecule has 1 aromatic rings. The van der Waals surface area contributed by atoms with E-state index in [4.69, 9.17) is 0 Å². The van der Waals surface area contributed by atoms with Crippen molar-refractivity contribution in [1.29, 1.82) is 0 Å². The third kappa shape index (κ3) is 5.18. The number of quaternary nitrogens is 2. The molecule has 4 atom stereocenters. The standard InChI is InChI=1S/C26H32N6O6/c33-21-13-19(29-17-5-1-3-11-27-23(17)35)25(37)31(21)15-7-9-16(10-8-15)32-22(34)14-20(26(32)38)30-18-6-2-4-12-28-24(18)36/h7-10,17-20,29-30H,1-6,11-14H2,(H,27,35)(H,28,36)/p+2/t17-,18-,19+,20+/m1/s1. The number of carbonyl (C=O) groups is 6. The summed E-state index contributed by atoms with van der Waals surface area (Å²) in [7, 11) is 0. The summed E-state index contributed by atoms with van der Waals surface area (Å²) in [4.78, 5) is 78.5. The molecular weight excluding hydrogens is 492 g/mol. The first-order chi connectivity index (χ1) is 18.3. The largest absolute Gasteiger partial charge is 0.351 e. The van der Waals surface area contributed by atoms with Crippen LogP contribution in [-0.4, -0.2) is 72.7 Å². The fraction of sp³-hybridized carbons (Fsp3) is 0.538. The van der Waals surface area contributed by atoms with E-state index in [0.717, 1.165) is 35.5 Å². The van der Waals surface area contributed by atoms with E-state index in [0.29, 0.717) is 37.3 Å². The molecule has 0 radical (unpaired) electrons. The Labute approximate surface area is 219 Å². The SMILES string of the molecule is O=C1NCCCC[C@H]1[NH2+][C@H]1CC(=O)N(c2ccc(N3C(=O)C[C@H]([NH2+][C@@H]4CCCCNC4=O)C3=O)cc2)C1=O. The molecule has 6 N–H and O–H groups in total. The summed E-state index contributed by atoms with van der Waals surface area (Å²) in [5, 5.41) is 9.09. The van der Waals surface area contributed by atoms with Gasteiger partial charge in [-0.15, -0.1) is 0 Å². The Morgan fingerprint density at radius 2 is 0.974 bits per heavy atom. The maximum atomic E-state index is 13.1. The summed E-state index contributed by atoms with van der Waals surface area (Å²) < 4.78 is 0. The summed E-state index contributed by atoms with van der Waals surface area (Å²) >= 11 is 0. The van der Waals surface area contributed by atoms with Crippen LogP contribution in [0.5, 0.6) is 0 Å². The van der Waals surface area contributed by atoms with Crippen molar-refractivity contribution in [3.05, 3.63) is 24.3 Å². The maximum Gasteiger partial charge on any atom is 0.292 e. The van der Waals surface area contributed by atoms with Crippen LogP contribution in [-0.2, 0) is 28.8 Å². The maximum absolute atomic E-state index is 13.1. The van der Waals surface area contributed by atoms with Crippen LogP contribution in [0, 0.1) is 0 Å². The molecule has 0 spiro atoms. The fourth-order valence-electron chi connectivity index (χ4n) is 5.76. The molecule has 4 saturated heterocycles. The van der Waals surface area contributed by atoms with Gasteiger partial charge in [-0.25, -0.2) is 9.80 Å². The van der Waals surface area contributed by atoms with Gasteiger partial charge < -0.3 is 21.3 Å². The average molecular weight is 527 g/mol. The van der Waals surface area contributed by atoms with Crippen molar-refractivity contribution in [3.8, 4) is 0 Å². The number of amides is 6. The lowest BCUT2D eigenvalue weighted by atomic mass is 10.1. The van der Waals surface area contributed by atoms with Gasteiger partial charge in [0.05, 0.1) is 24.2 Å². The molecule has 6 amide bonds. The monoisotopic (exact) mass is 526 g/mol. The van der Waals surface area contributed by atoms with E-state index in [1.807, 2.05) is 0 Å². The first kappa shape index (κ1) is 26.0. The molecule has 0 saturated carbocycles. The molecule has 0 aliphatic carbocycles. The zero-order chi connectivity index (χ0) is 26.8. The van der Waals surface area contributed by atoms with Gasteiger partial charge in [0.2, 0.25) is 11.8 Å². The van der Waals surface area contributed by atoms with Gasteiger partial charge in [0, 0.05) is 25.9 Å². The predicted molar refractivity (Wildman–Crippen MR) is 133 cm³/mol. The lowest BCUT2D eigenvalue weighted by Crippen LogP contribution is -2.98. The molecule has 12 heteroatoms. The minimum atomic E-state index is -0.671. The van der Waals surface area contributed by atoms with Crippen LogP contribution in [0.2, 0.25) is 0 Å². The van der Waals surface area contributed by atoms with Gasteiger partial charge >= 0.3 is 0 Å². The molecule has 12 nitrogen and oxygen atoms in total. The van der Waals surface area contributed by atoms with E-state index < -0.39 is 24.2 Å². The van der Waals surface area contributed by atoms with Crippen molar-refractivity contribution in [3.63, 3.8) is 0 Å². The van der Waals surface area contributed by atoms with Gasteiger partial charge in [-0.1, -0.05) is 0 Å². The van der Waals surface area contributed by atoms with Crippen molar-refractivity contribution in [2.45, 2.75) is 75.5 Å². The summed E-state index contributed by atoms with van der Waals surface area (Å²) in [6.45, 7) is 1.24. The van der Waals surface area contributed by atoms with Gasteiger partial charge in [0.25, 0.3) is 23.6 Å². The number of carbonyl (C=O) groups excluding carboxylic acids is 6. The van der Waals surface area contributed by atoms with Crippen LogP contribution in [0.1, 0.15) is 51.4 Å². The molecule has 1 aromatic carbocycles. The Morgan fingerprint density at radius 3 is 1.37 bits per heavy atom. The van der Waals surface area contributed by atoms with Crippen LogP contribution in [0.25, 0.3) is 0 Å². The van der Waals surface area contributed by atoms with Crippen LogP contribution >= 0.6 is 0 Å². The number of anilines is 2. The number of benzene rings is 1. The molecule has 0 unspecified atom stereocenters. The summed E-state index contributed by atoms with van der Waals surface area (Å²) in [6.07, 6.45) is 4.84. The number of hydrogen-bond donors (Lipinski definition) is 4. The third-order valence-electron chi connectivity index (χ3n) is 7.81. The molecule has 38 heavy (non-hydrogen) atoms. The smallest absolute Gasteiger partial charge is 0.292 e. The highest BCUT2D eigenvalue weighted by molar-refractivity contribution is 6.23. The summed E-state index contributed by atoms with van der Waals surface area (Å²) in [5.74, 6) is -1.71. The third-order valence-corrected chi connectivity index (χ3v) is 7.81. The zero-order valence-corrected chi connectivity index (χ0v) is 21.2. The Balaban J connectivity index is 1.25. The minimum Gasteiger partial charge on any atom is -0.351 e. The number of nitrogens with zero attached hydrogens (tertiary/aromatic N) is 2. The molecule has 4 heterocycles. The first-order valence-electron chi connectivity index (χ1n) is 13.4. The van der Waals surface area contributed by atoms with Gasteiger partial charge in [0.1, 0.15) is 0 Å². The zero-order valence-electron chi connectivity index (χ0n) is 21.2. The van der Waals surface area contributed by atoms with E-state index in [1.54, 1.807) is 34.9 Å². The van der Waals surface area contributed by atoms with Crippen molar-refractivity contribution in [2.75, 3.05) is 22.9 Å². The first-order valence-corrected chi connectivity index (χ1v) is 13.4. The molecule has 5 rings (SSSR count). The molecule has 4 aliphatic heterocycles. The van der Waals surface area contributed by atoms with Crippen molar-refractivity contribution in [1.82, 2.24) is 10.6 Å². The highest BCUT2D eigenvalue weighted by Gasteiger charge is 2.46. The van der Waals surface area contributed by atoms with Crippen LogP contribution in [0.15, 0.2) is 24.3 Å². The molecule has 0 bridgehead atoms. The molecule has 202 valence electrons. The lowest BCUT2D eigenvalue weighted by molar-refractivity contribution is -0.696. The highest BCUT2D eigenvalue weighted by atomic mass is 16.2. The van der Waals surface area contributed by atoms with Gasteiger partial charge in [0.15, 0.2) is 24.2 Å². The fourth-order valence-corrected chi connectivity index (χ4v) is 5.76. The normalized spacial score (nSPS) is 28.8. The number of imide groups is 2. The molecule has 4 aliphatic rings. The Morgan fingerprint density at radius 1 is 0.579 bits per heavy atom. The summed E-state index contributed by atoms with van der Waals surface area (Å²) in [5.41, 5.74) is 0.699. The minimum absolute atomic E-state index is 0.000277. The van der Waals surface area contributed by atoms with E-state index in [1.165, 1.54) is 0 Å². The number of nitrogens with two attached hydrogens (primary N) is 2. The van der Waals surface area contributed by atoms with Crippen molar-refractivity contribution < 1.29 is 39.4 Å². The number of hydrogen-bond acceptors (Lipinski definition) is 6. The average Bonchev–Trinajstić information content (AvgIpc) is 3.12. The number of rotatable bonds is 6. The predicted octanol–water partition coefficient (Wildman–Crippen LogP) is -2.59. The van der Waals surface area contributed by atoms with Crippen molar-refractivity contribution >= 4 is 46.8 Å². The van der Waals surface area contributed by atoms with Crippen LogP contribution in [0.3, 0.4) is 0 Å². The van der Waals surface area contributed by atoms with Crippen LogP contribution in [0.4, 0.5) is 11.4 Å². The Bertz CT molecular complexity index is 1060. The van der Waals surface area contributed by atoms with Gasteiger partial charge in [-0.2, -0.15) is 0 Å². The van der Waals surface area contributed by atoms with Crippen molar-refractivity contribution in [2.24, 2.45) is 0 Å². The molecular formula is C26H34N6O6+2. The number of nitrogens with one attached hydrogen (secondary N) is 2. The van der Waals surface area contributed by atoms with E-state index in [9.17, 15) is 28.8 Å². The Kier molecular flexibility index (Phi) is 7.52. The Hall–Kier alpha value is -3.64. The van der Waals surface area contributed by atoms with Crippen LogP contribution < -0.4 is 31.1 Å². The van der Waals surface area contributed by atoms with Gasteiger partial charge in [-0.05, 0) is 49.9 Å². The lowest BCUT2D eigenvalue weighted by Gasteiger charge is -2.19. The second-order valence-electron chi connectivity index (χ2n) is 10.4. The highest BCUT2D eigenvalue weighted by Crippen LogP contribution is 2.27. The van der Waals surface area contributed by atoms with Gasteiger partial charge in [-0.3, -0.25) is 28.8 Å².